The molecular weight excluding hydrogens is 262 g/mol. The van der Waals surface area contributed by atoms with Crippen molar-refractivity contribution < 1.29 is 17.2 Å². The van der Waals surface area contributed by atoms with Crippen molar-refractivity contribution in [2.24, 2.45) is 0 Å². The lowest BCUT2D eigenvalue weighted by atomic mass is 10.2. The second kappa shape index (κ2) is 5.89. The number of halogens is 2. The molecule has 0 aliphatic rings. The Morgan fingerprint density at radius 1 is 1.44 bits per heavy atom. The van der Waals surface area contributed by atoms with Gasteiger partial charge in [0.15, 0.2) is 5.25 Å². The van der Waals surface area contributed by atoms with Crippen molar-refractivity contribution in [3.63, 3.8) is 0 Å². The Bertz CT molecular complexity index is 567. The fourth-order valence-corrected chi connectivity index (χ4v) is 2.47. The van der Waals surface area contributed by atoms with E-state index in [0.29, 0.717) is 0 Å². The summed E-state index contributed by atoms with van der Waals surface area (Å²) in [6.07, 6.45) is 0.122. The van der Waals surface area contributed by atoms with E-state index in [0.717, 1.165) is 18.2 Å². The molecule has 0 saturated carbocycles. The summed E-state index contributed by atoms with van der Waals surface area (Å²) in [7, 11) is -3.85. The monoisotopic (exact) mass is 274 g/mol. The second-order valence-corrected chi connectivity index (χ2v) is 5.58. The average molecular weight is 274 g/mol. The molecule has 18 heavy (non-hydrogen) atoms. The maximum absolute atomic E-state index is 13.2. The summed E-state index contributed by atoms with van der Waals surface area (Å²) in [6, 6.07) is 4.40. The van der Waals surface area contributed by atoms with Crippen molar-refractivity contribution in [2.75, 3.05) is 0 Å². The molecule has 0 bridgehead atoms. The zero-order valence-electron chi connectivity index (χ0n) is 9.65. The number of hydrogen-bond donors (Lipinski definition) is 1. The van der Waals surface area contributed by atoms with Crippen molar-refractivity contribution in [1.82, 2.24) is 4.72 Å². The summed E-state index contributed by atoms with van der Waals surface area (Å²) < 4.78 is 51.4. The third kappa shape index (κ3) is 3.48. The van der Waals surface area contributed by atoms with Gasteiger partial charge >= 0.3 is 0 Å². The van der Waals surface area contributed by atoms with E-state index >= 15 is 0 Å². The highest BCUT2D eigenvalue weighted by molar-refractivity contribution is 7.90. The Morgan fingerprint density at radius 3 is 2.67 bits per heavy atom. The van der Waals surface area contributed by atoms with Crippen LogP contribution >= 0.6 is 0 Å². The van der Waals surface area contributed by atoms with Crippen molar-refractivity contribution >= 4 is 10.0 Å². The second-order valence-electron chi connectivity index (χ2n) is 3.63. The maximum atomic E-state index is 13.2. The first kappa shape index (κ1) is 14.5. The van der Waals surface area contributed by atoms with Crippen LogP contribution < -0.4 is 4.72 Å². The van der Waals surface area contributed by atoms with Crippen LogP contribution in [0.2, 0.25) is 0 Å². The summed E-state index contributed by atoms with van der Waals surface area (Å²) in [4.78, 5) is 0. The Labute approximate surface area is 104 Å². The molecule has 0 aromatic heterocycles. The first-order chi connectivity index (χ1) is 8.40. The minimum absolute atomic E-state index is 0.105. The molecule has 1 aromatic carbocycles. The Balaban J connectivity index is 2.83. The molecule has 4 nitrogen and oxygen atoms in total. The molecule has 0 aliphatic heterocycles. The molecule has 0 saturated heterocycles. The van der Waals surface area contributed by atoms with Crippen LogP contribution in [0.15, 0.2) is 18.2 Å². The molecule has 1 aromatic rings. The van der Waals surface area contributed by atoms with Crippen LogP contribution in [0, 0.1) is 23.0 Å². The van der Waals surface area contributed by atoms with Gasteiger partial charge < -0.3 is 0 Å². The molecule has 0 heterocycles. The molecule has 0 radical (unpaired) electrons. The molecule has 98 valence electrons. The van der Waals surface area contributed by atoms with Crippen molar-refractivity contribution in [3.05, 3.63) is 35.4 Å². The molecule has 1 atom stereocenters. The summed E-state index contributed by atoms with van der Waals surface area (Å²) in [5.74, 6) is -1.36. The van der Waals surface area contributed by atoms with Crippen LogP contribution in [0.25, 0.3) is 0 Å². The summed E-state index contributed by atoms with van der Waals surface area (Å²) in [6.45, 7) is 1.17. The fourth-order valence-electron chi connectivity index (χ4n) is 1.34. The van der Waals surface area contributed by atoms with Gasteiger partial charge in [-0.25, -0.2) is 21.9 Å². The minimum atomic E-state index is -3.85. The predicted molar refractivity (Wildman–Crippen MR) is 61.8 cm³/mol. The quantitative estimate of drug-likeness (QED) is 0.888. The lowest BCUT2D eigenvalue weighted by Gasteiger charge is -2.10. The van der Waals surface area contributed by atoms with E-state index < -0.39 is 26.9 Å². The highest BCUT2D eigenvalue weighted by Crippen LogP contribution is 2.11. The van der Waals surface area contributed by atoms with E-state index in [2.05, 4.69) is 4.72 Å². The van der Waals surface area contributed by atoms with E-state index in [1.165, 1.54) is 0 Å². The smallest absolute Gasteiger partial charge is 0.211 e. The van der Waals surface area contributed by atoms with E-state index in [4.69, 9.17) is 5.26 Å². The molecule has 1 N–H and O–H groups in total. The summed E-state index contributed by atoms with van der Waals surface area (Å²) in [5.41, 5.74) is -0.105. The van der Waals surface area contributed by atoms with Gasteiger partial charge in [-0.3, -0.25) is 0 Å². The van der Waals surface area contributed by atoms with E-state index in [-0.39, 0.29) is 18.5 Å². The number of nitrogens with one attached hydrogen (secondary N) is 1. The number of nitrogens with zero attached hydrogens (tertiary/aromatic N) is 1. The average Bonchev–Trinajstić information content (AvgIpc) is 2.31. The van der Waals surface area contributed by atoms with Crippen molar-refractivity contribution in [1.29, 1.82) is 5.26 Å². The van der Waals surface area contributed by atoms with Crippen LogP contribution in [0.3, 0.4) is 0 Å². The molecule has 1 rings (SSSR count). The topological polar surface area (TPSA) is 70.0 Å². The van der Waals surface area contributed by atoms with Gasteiger partial charge in [-0.1, -0.05) is 6.92 Å². The lowest BCUT2D eigenvalue weighted by Crippen LogP contribution is -2.33. The zero-order chi connectivity index (χ0) is 13.8. The van der Waals surface area contributed by atoms with E-state index in [1.807, 2.05) is 0 Å². The lowest BCUT2D eigenvalue weighted by molar-refractivity contribution is 0.561. The zero-order valence-corrected chi connectivity index (χ0v) is 10.5. The van der Waals surface area contributed by atoms with Gasteiger partial charge in [-0.2, -0.15) is 5.26 Å². The Morgan fingerprint density at radius 2 is 2.11 bits per heavy atom. The van der Waals surface area contributed by atoms with Gasteiger partial charge in [0.05, 0.1) is 6.07 Å². The Hall–Kier alpha value is -1.52. The molecule has 7 heteroatoms. The summed E-state index contributed by atoms with van der Waals surface area (Å²) >= 11 is 0. The number of hydrogen-bond acceptors (Lipinski definition) is 3. The van der Waals surface area contributed by atoms with Gasteiger partial charge in [-0.05, 0) is 24.6 Å². The van der Waals surface area contributed by atoms with Gasteiger partial charge in [0, 0.05) is 12.1 Å². The molecular formula is C11H12F2N2O2S. The van der Waals surface area contributed by atoms with Crippen LogP contribution in [0.4, 0.5) is 8.78 Å². The minimum Gasteiger partial charge on any atom is -0.211 e. The normalized spacial score (nSPS) is 13.0. The SMILES string of the molecule is CCC(C#N)S(=O)(=O)NCc1cc(F)ccc1F. The number of rotatable bonds is 5. The molecule has 0 amide bonds. The van der Waals surface area contributed by atoms with Gasteiger partial charge in [0.2, 0.25) is 10.0 Å². The fraction of sp³-hybridized carbons (Fsp3) is 0.364. The van der Waals surface area contributed by atoms with Crippen LogP contribution in [0.1, 0.15) is 18.9 Å². The first-order valence-corrected chi connectivity index (χ1v) is 6.77. The van der Waals surface area contributed by atoms with Gasteiger partial charge in [0.25, 0.3) is 0 Å². The van der Waals surface area contributed by atoms with Crippen LogP contribution in [-0.4, -0.2) is 13.7 Å². The van der Waals surface area contributed by atoms with Crippen LogP contribution in [-0.2, 0) is 16.6 Å². The van der Waals surface area contributed by atoms with E-state index in [1.54, 1.807) is 13.0 Å². The van der Waals surface area contributed by atoms with E-state index in [9.17, 15) is 17.2 Å². The number of nitriles is 1. The Kier molecular flexibility index (Phi) is 4.76. The third-order valence-corrected chi connectivity index (χ3v) is 4.10. The standard InChI is InChI=1S/C11H12F2N2O2S/c1-2-10(6-14)18(16,17)15-7-8-5-9(12)3-4-11(8)13/h3-5,10,15H,2,7H2,1H3. The molecule has 0 aliphatic carbocycles. The third-order valence-electron chi connectivity index (χ3n) is 2.36. The molecule has 0 spiro atoms. The maximum Gasteiger partial charge on any atom is 0.228 e. The number of benzene rings is 1. The van der Waals surface area contributed by atoms with Crippen molar-refractivity contribution in [2.45, 2.75) is 25.1 Å². The van der Waals surface area contributed by atoms with Crippen molar-refractivity contribution in [3.8, 4) is 6.07 Å². The van der Waals surface area contributed by atoms with Crippen LogP contribution in [0.5, 0.6) is 0 Å². The van der Waals surface area contributed by atoms with Gasteiger partial charge in [-0.15, -0.1) is 0 Å². The largest absolute Gasteiger partial charge is 0.228 e. The molecule has 1 unspecified atom stereocenters. The highest BCUT2D eigenvalue weighted by Gasteiger charge is 2.23. The summed E-state index contributed by atoms with van der Waals surface area (Å²) in [5, 5.41) is 7.45. The molecule has 0 fully saturated rings. The first-order valence-electron chi connectivity index (χ1n) is 5.22. The predicted octanol–water partition coefficient (Wildman–Crippen LogP) is 1.69. The number of sulfonamides is 1. The van der Waals surface area contributed by atoms with Gasteiger partial charge in [0.1, 0.15) is 11.6 Å². The highest BCUT2D eigenvalue weighted by atomic mass is 32.2.